The summed E-state index contributed by atoms with van der Waals surface area (Å²) in [4.78, 5) is 11.8. The second kappa shape index (κ2) is 6.71. The smallest absolute Gasteiger partial charge is 0.246 e. The molecule has 4 heteroatoms. The average molecular weight is 268 g/mol. The molecule has 0 aromatic heterocycles. The highest BCUT2D eigenvalue weighted by Gasteiger charge is 2.33. The topological polar surface area (TPSA) is 50.4 Å². The lowest BCUT2D eigenvalue weighted by Crippen LogP contribution is -2.59. The maximum atomic E-state index is 11.8. The van der Waals surface area contributed by atoms with Crippen molar-refractivity contribution < 1.29 is 9.53 Å². The first kappa shape index (κ1) is 14.8. The Hall–Kier alpha value is -0.610. The van der Waals surface area contributed by atoms with Crippen LogP contribution in [-0.4, -0.2) is 37.2 Å². The first-order chi connectivity index (χ1) is 9.11. The first-order valence-corrected chi connectivity index (χ1v) is 7.75. The van der Waals surface area contributed by atoms with Crippen LogP contribution in [-0.2, 0) is 9.53 Å². The number of hydrogen-bond acceptors (Lipinski definition) is 3. The van der Waals surface area contributed by atoms with Crippen molar-refractivity contribution >= 4 is 5.91 Å². The minimum absolute atomic E-state index is 0.0482. The number of nitrogens with one attached hydrogen (secondary N) is 2. The SMILES string of the molecule is CCCC1CCC(NC(=O)COC2(C)CNC2)CC1. The van der Waals surface area contributed by atoms with Crippen molar-refractivity contribution in [2.24, 2.45) is 5.92 Å². The van der Waals surface area contributed by atoms with E-state index >= 15 is 0 Å². The molecule has 2 rings (SSSR count). The van der Waals surface area contributed by atoms with Gasteiger partial charge in [0.15, 0.2) is 0 Å². The van der Waals surface area contributed by atoms with Gasteiger partial charge in [-0.15, -0.1) is 0 Å². The second-order valence-corrected chi connectivity index (χ2v) is 6.42. The Morgan fingerprint density at radius 2 is 2.00 bits per heavy atom. The summed E-state index contributed by atoms with van der Waals surface area (Å²) >= 11 is 0. The molecule has 1 saturated carbocycles. The quantitative estimate of drug-likeness (QED) is 0.773. The van der Waals surface area contributed by atoms with E-state index in [1.807, 2.05) is 6.92 Å². The van der Waals surface area contributed by atoms with E-state index in [1.54, 1.807) is 0 Å². The van der Waals surface area contributed by atoms with Crippen LogP contribution in [0.1, 0.15) is 52.4 Å². The molecule has 0 aromatic carbocycles. The Balaban J connectivity index is 1.60. The van der Waals surface area contributed by atoms with Crippen LogP contribution in [0.3, 0.4) is 0 Å². The zero-order chi connectivity index (χ0) is 13.7. The van der Waals surface area contributed by atoms with Crippen LogP contribution in [0.25, 0.3) is 0 Å². The number of ether oxygens (including phenoxy) is 1. The molecule has 0 unspecified atom stereocenters. The van der Waals surface area contributed by atoms with Crippen LogP contribution in [0.4, 0.5) is 0 Å². The molecule has 0 aromatic rings. The fourth-order valence-electron chi connectivity index (χ4n) is 3.09. The highest BCUT2D eigenvalue weighted by molar-refractivity contribution is 5.77. The predicted molar refractivity (Wildman–Crippen MR) is 76.0 cm³/mol. The highest BCUT2D eigenvalue weighted by Crippen LogP contribution is 2.27. The van der Waals surface area contributed by atoms with Gasteiger partial charge in [0, 0.05) is 19.1 Å². The Morgan fingerprint density at radius 1 is 1.32 bits per heavy atom. The summed E-state index contributed by atoms with van der Waals surface area (Å²) in [6, 6.07) is 0.372. The molecule has 110 valence electrons. The summed E-state index contributed by atoms with van der Waals surface area (Å²) in [5.74, 6) is 0.932. The number of carbonyl (C=O) groups excluding carboxylic acids is 1. The second-order valence-electron chi connectivity index (χ2n) is 6.42. The lowest BCUT2D eigenvalue weighted by Gasteiger charge is -2.39. The van der Waals surface area contributed by atoms with Gasteiger partial charge in [-0.25, -0.2) is 0 Å². The Bertz CT molecular complexity index is 295. The molecule has 1 aliphatic carbocycles. The number of amides is 1. The van der Waals surface area contributed by atoms with Gasteiger partial charge in [0.05, 0.1) is 5.60 Å². The molecule has 1 saturated heterocycles. The molecule has 4 nitrogen and oxygen atoms in total. The van der Waals surface area contributed by atoms with Crippen molar-refractivity contribution in [3.63, 3.8) is 0 Å². The van der Waals surface area contributed by atoms with E-state index in [2.05, 4.69) is 17.6 Å². The molecule has 1 aliphatic heterocycles. The molecular formula is C15H28N2O2. The van der Waals surface area contributed by atoms with Crippen LogP contribution >= 0.6 is 0 Å². The third-order valence-electron chi connectivity index (χ3n) is 4.46. The fourth-order valence-corrected chi connectivity index (χ4v) is 3.09. The Labute approximate surface area is 116 Å². The molecular weight excluding hydrogens is 240 g/mol. The van der Waals surface area contributed by atoms with Crippen molar-refractivity contribution in [2.75, 3.05) is 19.7 Å². The van der Waals surface area contributed by atoms with Gasteiger partial charge in [0.2, 0.25) is 5.91 Å². The monoisotopic (exact) mass is 268 g/mol. The molecule has 0 spiro atoms. The van der Waals surface area contributed by atoms with Crippen LogP contribution in [0.5, 0.6) is 0 Å². The lowest BCUT2D eigenvalue weighted by atomic mass is 9.83. The van der Waals surface area contributed by atoms with Crippen molar-refractivity contribution in [1.29, 1.82) is 0 Å². The minimum Gasteiger partial charge on any atom is -0.363 e. The molecule has 2 N–H and O–H groups in total. The summed E-state index contributed by atoms with van der Waals surface area (Å²) in [6.45, 7) is 6.20. The van der Waals surface area contributed by atoms with E-state index in [1.165, 1.54) is 25.7 Å². The van der Waals surface area contributed by atoms with E-state index in [9.17, 15) is 4.79 Å². The standard InChI is InChI=1S/C15H28N2O2/c1-3-4-12-5-7-13(8-6-12)17-14(18)9-19-15(2)10-16-11-15/h12-13,16H,3-11H2,1-2H3,(H,17,18). The Morgan fingerprint density at radius 3 is 2.53 bits per heavy atom. The number of hydrogen-bond donors (Lipinski definition) is 2. The van der Waals surface area contributed by atoms with Crippen molar-refractivity contribution in [3.05, 3.63) is 0 Å². The van der Waals surface area contributed by atoms with E-state index in [-0.39, 0.29) is 18.1 Å². The summed E-state index contributed by atoms with van der Waals surface area (Å²) in [7, 11) is 0. The fraction of sp³-hybridized carbons (Fsp3) is 0.933. The molecule has 1 amide bonds. The minimum atomic E-state index is -0.129. The van der Waals surface area contributed by atoms with Crippen molar-refractivity contribution in [3.8, 4) is 0 Å². The molecule has 0 atom stereocenters. The molecule has 1 heterocycles. The maximum Gasteiger partial charge on any atom is 0.246 e. The number of carbonyl (C=O) groups is 1. The van der Waals surface area contributed by atoms with Crippen LogP contribution in [0.2, 0.25) is 0 Å². The summed E-state index contributed by atoms with van der Waals surface area (Å²) in [5.41, 5.74) is -0.129. The van der Waals surface area contributed by atoms with Crippen molar-refractivity contribution in [2.45, 2.75) is 64.0 Å². The van der Waals surface area contributed by atoms with Crippen LogP contribution < -0.4 is 10.6 Å². The summed E-state index contributed by atoms with van der Waals surface area (Å²) in [5, 5.41) is 6.28. The first-order valence-electron chi connectivity index (χ1n) is 7.75. The molecule has 0 bridgehead atoms. The lowest BCUT2D eigenvalue weighted by molar-refractivity contribution is -0.136. The Kier molecular flexibility index (Phi) is 5.22. The molecule has 19 heavy (non-hydrogen) atoms. The van der Waals surface area contributed by atoms with Gasteiger partial charge in [-0.1, -0.05) is 19.8 Å². The van der Waals surface area contributed by atoms with Crippen molar-refractivity contribution in [1.82, 2.24) is 10.6 Å². The maximum absolute atomic E-state index is 11.8. The van der Waals surface area contributed by atoms with E-state index in [0.717, 1.165) is 31.8 Å². The van der Waals surface area contributed by atoms with Gasteiger partial charge in [0.25, 0.3) is 0 Å². The largest absolute Gasteiger partial charge is 0.363 e. The average Bonchev–Trinajstić information content (AvgIpc) is 2.37. The van der Waals surface area contributed by atoms with Gasteiger partial charge in [-0.2, -0.15) is 0 Å². The van der Waals surface area contributed by atoms with Crippen LogP contribution in [0, 0.1) is 5.92 Å². The van der Waals surface area contributed by atoms with Gasteiger partial charge in [-0.3, -0.25) is 4.79 Å². The third-order valence-corrected chi connectivity index (χ3v) is 4.46. The normalized spacial score (nSPS) is 29.6. The third kappa shape index (κ3) is 4.46. The van der Waals surface area contributed by atoms with Gasteiger partial charge in [-0.05, 0) is 38.5 Å². The zero-order valence-electron chi connectivity index (χ0n) is 12.3. The molecule has 2 fully saturated rings. The zero-order valence-corrected chi connectivity index (χ0v) is 12.3. The van der Waals surface area contributed by atoms with Gasteiger partial charge >= 0.3 is 0 Å². The number of rotatable bonds is 6. The summed E-state index contributed by atoms with van der Waals surface area (Å²) < 4.78 is 5.65. The van der Waals surface area contributed by atoms with E-state index in [0.29, 0.717) is 6.04 Å². The molecule has 2 aliphatic rings. The van der Waals surface area contributed by atoms with Crippen LogP contribution in [0.15, 0.2) is 0 Å². The van der Waals surface area contributed by atoms with E-state index in [4.69, 9.17) is 4.74 Å². The summed E-state index contributed by atoms with van der Waals surface area (Å²) in [6.07, 6.45) is 7.42. The van der Waals surface area contributed by atoms with Gasteiger partial charge < -0.3 is 15.4 Å². The molecule has 0 radical (unpaired) electrons. The van der Waals surface area contributed by atoms with Gasteiger partial charge in [0.1, 0.15) is 6.61 Å². The van der Waals surface area contributed by atoms with E-state index < -0.39 is 0 Å². The highest BCUT2D eigenvalue weighted by atomic mass is 16.5. The predicted octanol–water partition coefficient (Wildman–Crippen LogP) is 1.84.